The fraction of sp³-hybridized carbons (Fsp3) is 0.600. The van der Waals surface area contributed by atoms with Gasteiger partial charge in [-0.25, -0.2) is 17.6 Å². The summed E-state index contributed by atoms with van der Waals surface area (Å²) in [6, 6.07) is 3.70. The van der Waals surface area contributed by atoms with E-state index in [-0.39, 0.29) is 36.9 Å². The van der Waals surface area contributed by atoms with Crippen LogP contribution in [-0.4, -0.2) is 55.0 Å². The van der Waals surface area contributed by atoms with Gasteiger partial charge in [0.05, 0.1) is 35.7 Å². The smallest absolute Gasteiger partial charge is 0.410 e. The summed E-state index contributed by atoms with van der Waals surface area (Å²) in [5, 5.41) is 0. The second-order valence-corrected chi connectivity index (χ2v) is 11.0. The van der Waals surface area contributed by atoms with Gasteiger partial charge >= 0.3 is 6.09 Å². The number of sulfone groups is 1. The van der Waals surface area contributed by atoms with Crippen LogP contribution in [0.1, 0.15) is 39.7 Å². The molecule has 160 valence electrons. The van der Waals surface area contributed by atoms with Crippen LogP contribution in [0.3, 0.4) is 0 Å². The van der Waals surface area contributed by atoms with Gasteiger partial charge in [-0.2, -0.15) is 0 Å². The van der Waals surface area contributed by atoms with Crippen LogP contribution >= 0.6 is 0 Å². The Labute approximate surface area is 170 Å². The van der Waals surface area contributed by atoms with Crippen LogP contribution in [0.2, 0.25) is 0 Å². The number of carbonyl (C=O) groups excluding carboxylic acids is 2. The lowest BCUT2D eigenvalue weighted by atomic mass is 10.1. The number of hydrogen-bond acceptors (Lipinski definition) is 5. The summed E-state index contributed by atoms with van der Waals surface area (Å²) in [6.45, 7) is 7.40. The van der Waals surface area contributed by atoms with Crippen LogP contribution in [0.4, 0.5) is 14.9 Å². The van der Waals surface area contributed by atoms with E-state index in [2.05, 4.69) is 0 Å². The number of fused-ring (bicyclic) bond motifs is 1. The summed E-state index contributed by atoms with van der Waals surface area (Å²) in [5.41, 5.74) is 0.302. The molecular formula is C20H27FN2O5S. The van der Waals surface area contributed by atoms with Crippen molar-refractivity contribution in [1.29, 1.82) is 0 Å². The predicted molar refractivity (Wildman–Crippen MR) is 107 cm³/mol. The Bertz CT molecular complexity index is 925. The molecule has 3 rings (SSSR count). The first-order valence-corrected chi connectivity index (χ1v) is 11.5. The molecule has 0 N–H and O–H groups in total. The van der Waals surface area contributed by atoms with Crippen molar-refractivity contribution in [2.24, 2.45) is 5.92 Å². The van der Waals surface area contributed by atoms with Crippen LogP contribution in [-0.2, 0) is 25.9 Å². The molecule has 0 bridgehead atoms. The summed E-state index contributed by atoms with van der Waals surface area (Å²) in [5.74, 6) is -1.73. The molecule has 2 heterocycles. The molecule has 2 aliphatic heterocycles. The number of rotatable bonds is 1. The van der Waals surface area contributed by atoms with E-state index in [1.165, 1.54) is 21.9 Å². The monoisotopic (exact) mass is 426 g/mol. The Morgan fingerprint density at radius 2 is 1.93 bits per heavy atom. The first-order chi connectivity index (χ1) is 13.4. The zero-order valence-electron chi connectivity index (χ0n) is 17.1. The topological polar surface area (TPSA) is 84.0 Å². The van der Waals surface area contributed by atoms with Crippen molar-refractivity contribution >= 4 is 27.5 Å². The van der Waals surface area contributed by atoms with E-state index >= 15 is 0 Å². The predicted octanol–water partition coefficient (Wildman–Crippen LogP) is 2.73. The first-order valence-electron chi connectivity index (χ1n) is 9.66. The minimum Gasteiger partial charge on any atom is -0.444 e. The molecule has 9 heteroatoms. The number of hydrogen-bond donors (Lipinski definition) is 0. The van der Waals surface area contributed by atoms with Crippen molar-refractivity contribution in [2.75, 3.05) is 23.0 Å². The highest BCUT2D eigenvalue weighted by molar-refractivity contribution is 7.91. The molecule has 2 aliphatic rings. The molecule has 0 unspecified atom stereocenters. The lowest BCUT2D eigenvalue weighted by Crippen LogP contribution is -2.47. The molecule has 1 saturated heterocycles. The number of nitrogens with zero attached hydrogens (tertiary/aromatic N) is 2. The SMILES string of the molecule is C[C@H]1CN(C(=O)[C@H]2CCS(=O)(=O)C2)c2cc(F)ccc2CN1C(=O)OC(C)(C)C. The molecule has 0 saturated carbocycles. The summed E-state index contributed by atoms with van der Waals surface area (Å²) in [6.07, 6.45) is -0.259. The largest absolute Gasteiger partial charge is 0.444 e. The maximum absolute atomic E-state index is 14.0. The maximum atomic E-state index is 14.0. The molecule has 0 aromatic heterocycles. The molecule has 0 radical (unpaired) electrons. The van der Waals surface area contributed by atoms with Crippen molar-refractivity contribution < 1.29 is 27.1 Å². The van der Waals surface area contributed by atoms with Crippen LogP contribution < -0.4 is 4.90 Å². The van der Waals surface area contributed by atoms with Crippen LogP contribution in [0.25, 0.3) is 0 Å². The minimum absolute atomic E-state index is 0.0210. The van der Waals surface area contributed by atoms with E-state index in [0.29, 0.717) is 11.3 Å². The fourth-order valence-electron chi connectivity index (χ4n) is 3.71. The Morgan fingerprint density at radius 1 is 1.24 bits per heavy atom. The Morgan fingerprint density at radius 3 is 2.52 bits per heavy atom. The fourth-order valence-corrected chi connectivity index (χ4v) is 5.44. The van der Waals surface area contributed by atoms with Crippen molar-refractivity contribution in [1.82, 2.24) is 4.90 Å². The Hall–Kier alpha value is -2.16. The third kappa shape index (κ3) is 4.88. The first kappa shape index (κ1) is 21.5. The number of ether oxygens (including phenoxy) is 1. The van der Waals surface area contributed by atoms with E-state index < -0.39 is 39.3 Å². The van der Waals surface area contributed by atoms with Gasteiger partial charge in [0.25, 0.3) is 0 Å². The Kier molecular flexibility index (Phi) is 5.64. The average Bonchev–Trinajstić information content (AvgIpc) is 2.88. The van der Waals surface area contributed by atoms with E-state index in [0.717, 1.165) is 0 Å². The number of anilines is 1. The normalized spacial score (nSPS) is 24.0. The average molecular weight is 427 g/mol. The molecule has 2 atom stereocenters. The molecule has 1 fully saturated rings. The highest BCUT2D eigenvalue weighted by Gasteiger charge is 2.39. The van der Waals surface area contributed by atoms with Crippen LogP contribution in [0, 0.1) is 11.7 Å². The van der Waals surface area contributed by atoms with Crippen molar-refractivity contribution in [3.63, 3.8) is 0 Å². The van der Waals surface area contributed by atoms with Gasteiger partial charge in [-0.05, 0) is 51.8 Å². The van der Waals surface area contributed by atoms with Crippen molar-refractivity contribution in [3.05, 3.63) is 29.6 Å². The number of amides is 2. The van der Waals surface area contributed by atoms with E-state index in [9.17, 15) is 22.4 Å². The number of benzene rings is 1. The standard InChI is InChI=1S/C20H27FN2O5S/c1-13-10-23(18(24)15-7-8-29(26,27)12-15)17-9-16(21)6-5-14(17)11-22(13)19(25)28-20(2,3)4/h5-6,9,13,15H,7-8,10-12H2,1-4H3/t13-,15-/m0/s1. The van der Waals surface area contributed by atoms with Crippen LogP contribution in [0.5, 0.6) is 0 Å². The van der Waals surface area contributed by atoms with Gasteiger partial charge in [-0.3, -0.25) is 9.69 Å². The second-order valence-electron chi connectivity index (χ2n) is 8.78. The van der Waals surface area contributed by atoms with E-state index in [4.69, 9.17) is 4.74 Å². The summed E-state index contributed by atoms with van der Waals surface area (Å²) in [4.78, 5) is 28.8. The molecule has 0 spiro atoms. The number of carbonyl (C=O) groups is 2. The Balaban J connectivity index is 1.94. The number of halogens is 1. The lowest BCUT2D eigenvalue weighted by Gasteiger charge is -2.31. The van der Waals surface area contributed by atoms with Gasteiger partial charge in [0.1, 0.15) is 11.4 Å². The van der Waals surface area contributed by atoms with Crippen molar-refractivity contribution in [2.45, 2.75) is 52.3 Å². The van der Waals surface area contributed by atoms with E-state index in [1.807, 2.05) is 0 Å². The van der Waals surface area contributed by atoms with Gasteiger partial charge in [-0.15, -0.1) is 0 Å². The summed E-state index contributed by atoms with van der Waals surface area (Å²) < 4.78 is 43.2. The molecule has 29 heavy (non-hydrogen) atoms. The van der Waals surface area contributed by atoms with Gasteiger partial charge in [0.15, 0.2) is 9.84 Å². The van der Waals surface area contributed by atoms with Gasteiger partial charge in [0, 0.05) is 6.54 Å². The van der Waals surface area contributed by atoms with Crippen LogP contribution in [0.15, 0.2) is 18.2 Å². The lowest BCUT2D eigenvalue weighted by molar-refractivity contribution is -0.121. The summed E-state index contributed by atoms with van der Waals surface area (Å²) >= 11 is 0. The third-order valence-corrected chi connectivity index (χ3v) is 6.90. The molecule has 1 aromatic carbocycles. The van der Waals surface area contributed by atoms with E-state index in [1.54, 1.807) is 33.8 Å². The maximum Gasteiger partial charge on any atom is 0.410 e. The molecule has 2 amide bonds. The van der Waals surface area contributed by atoms with Gasteiger partial charge < -0.3 is 9.64 Å². The molecule has 1 aromatic rings. The summed E-state index contributed by atoms with van der Waals surface area (Å²) in [7, 11) is -3.24. The van der Waals surface area contributed by atoms with Crippen molar-refractivity contribution in [3.8, 4) is 0 Å². The zero-order chi connectivity index (χ0) is 21.6. The highest BCUT2D eigenvalue weighted by Crippen LogP contribution is 2.32. The minimum atomic E-state index is -3.24. The van der Waals surface area contributed by atoms with Gasteiger partial charge in [0.2, 0.25) is 5.91 Å². The van der Waals surface area contributed by atoms with Gasteiger partial charge in [-0.1, -0.05) is 6.07 Å². The quantitative estimate of drug-likeness (QED) is 0.690. The third-order valence-electron chi connectivity index (χ3n) is 5.13. The molecule has 0 aliphatic carbocycles. The highest BCUT2D eigenvalue weighted by atomic mass is 32.2. The zero-order valence-corrected chi connectivity index (χ0v) is 18.0. The molecular weight excluding hydrogens is 399 g/mol. The molecule has 7 nitrogen and oxygen atoms in total. The second kappa shape index (κ2) is 7.59.